The minimum atomic E-state index is -0.393. The molecule has 4 aliphatic rings. The van der Waals surface area contributed by atoms with E-state index in [2.05, 4.69) is 51.8 Å². The Bertz CT molecular complexity index is 880. The van der Waals surface area contributed by atoms with Crippen LogP contribution < -0.4 is 5.46 Å². The number of hydrogen-bond acceptors (Lipinski definition) is 5. The van der Waals surface area contributed by atoms with E-state index < -0.39 is 7.12 Å². The van der Waals surface area contributed by atoms with Crippen LogP contribution in [0.5, 0.6) is 0 Å². The van der Waals surface area contributed by atoms with Crippen molar-refractivity contribution in [2.45, 2.75) is 84.0 Å². The number of carbonyl (C=O) groups is 1. The van der Waals surface area contributed by atoms with Crippen LogP contribution in [0.25, 0.3) is 6.08 Å². The smallest absolute Gasteiger partial charge is 0.462 e. The zero-order valence-electron chi connectivity index (χ0n) is 20.0. The lowest BCUT2D eigenvalue weighted by Gasteiger charge is -2.45. The van der Waals surface area contributed by atoms with Gasteiger partial charge in [-0.15, -0.1) is 0 Å². The molecule has 1 aromatic heterocycles. The van der Waals surface area contributed by atoms with E-state index in [-0.39, 0.29) is 29.2 Å². The summed E-state index contributed by atoms with van der Waals surface area (Å²) in [6.45, 7) is 10.3. The summed E-state index contributed by atoms with van der Waals surface area (Å²) in [6, 6.07) is 4.09. The molecule has 0 radical (unpaired) electrons. The standard InChI is InChI=1S/C26H36BNO4/c1-16-23-21(20-9-7-6-8-17(20)14-22(23)24(29)30-16)13-12-19-11-10-18(15-28-19)27-31-25(2,3)26(4,5)32-27/h10-13,15-17,20-23H,6-9,14H2,1-5H3/b13-12+/t16-,17+,20-,21+,22-,23+/m1/s1. The third kappa shape index (κ3) is 3.73. The maximum atomic E-state index is 12.5. The topological polar surface area (TPSA) is 57.7 Å². The molecule has 0 aromatic carbocycles. The summed E-state index contributed by atoms with van der Waals surface area (Å²) in [5.41, 5.74) is 1.15. The van der Waals surface area contributed by atoms with Gasteiger partial charge < -0.3 is 14.0 Å². The number of fused-ring (bicyclic) bond motifs is 2. The second-order valence-corrected chi connectivity index (χ2v) is 11.3. The monoisotopic (exact) mass is 437 g/mol. The molecule has 32 heavy (non-hydrogen) atoms. The second kappa shape index (κ2) is 7.98. The Hall–Kier alpha value is -1.66. The number of cyclic esters (lactones) is 1. The highest BCUT2D eigenvalue weighted by Gasteiger charge is 2.54. The van der Waals surface area contributed by atoms with Crippen molar-refractivity contribution in [3.8, 4) is 0 Å². The van der Waals surface area contributed by atoms with Gasteiger partial charge in [-0.05, 0) is 77.4 Å². The second-order valence-electron chi connectivity index (χ2n) is 11.3. The number of hydrogen-bond donors (Lipinski definition) is 0. The molecule has 0 unspecified atom stereocenters. The van der Waals surface area contributed by atoms with E-state index in [1.807, 2.05) is 18.3 Å². The average Bonchev–Trinajstić information content (AvgIpc) is 3.16. The van der Waals surface area contributed by atoms with E-state index >= 15 is 0 Å². The van der Waals surface area contributed by atoms with Crippen molar-refractivity contribution in [3.63, 3.8) is 0 Å². The molecule has 0 bridgehead atoms. The molecule has 0 amide bonds. The van der Waals surface area contributed by atoms with Crippen LogP contribution in [0.4, 0.5) is 0 Å². The molecule has 4 fully saturated rings. The Kier molecular flexibility index (Phi) is 5.53. The molecule has 2 saturated heterocycles. The Balaban J connectivity index is 1.34. The Morgan fingerprint density at radius 2 is 1.81 bits per heavy atom. The molecular weight excluding hydrogens is 401 g/mol. The predicted molar refractivity (Wildman–Crippen MR) is 125 cm³/mol. The van der Waals surface area contributed by atoms with Crippen LogP contribution >= 0.6 is 0 Å². The molecule has 0 spiro atoms. The van der Waals surface area contributed by atoms with Gasteiger partial charge in [-0.1, -0.05) is 31.4 Å². The highest BCUT2D eigenvalue weighted by molar-refractivity contribution is 6.62. The van der Waals surface area contributed by atoms with Crippen molar-refractivity contribution < 1.29 is 18.8 Å². The maximum Gasteiger partial charge on any atom is 0.496 e. The van der Waals surface area contributed by atoms with Crippen molar-refractivity contribution in [1.29, 1.82) is 0 Å². The lowest BCUT2D eigenvalue weighted by Crippen LogP contribution is -2.42. The fourth-order valence-corrected chi connectivity index (χ4v) is 6.43. The van der Waals surface area contributed by atoms with E-state index in [0.29, 0.717) is 23.7 Å². The van der Waals surface area contributed by atoms with E-state index in [4.69, 9.17) is 14.0 Å². The summed E-state index contributed by atoms with van der Waals surface area (Å²) in [5, 5.41) is 0. The van der Waals surface area contributed by atoms with Gasteiger partial charge in [0.1, 0.15) is 6.10 Å². The molecule has 3 heterocycles. The summed E-state index contributed by atoms with van der Waals surface area (Å²) in [5.74, 6) is 2.07. The first-order chi connectivity index (χ1) is 15.2. The quantitative estimate of drug-likeness (QED) is 0.518. The van der Waals surface area contributed by atoms with Crippen molar-refractivity contribution in [2.24, 2.45) is 29.6 Å². The van der Waals surface area contributed by atoms with Gasteiger partial charge in [-0.25, -0.2) is 0 Å². The fourth-order valence-electron chi connectivity index (χ4n) is 6.43. The molecule has 5 rings (SSSR count). The van der Waals surface area contributed by atoms with E-state index in [9.17, 15) is 4.79 Å². The molecule has 1 aromatic rings. The molecule has 2 aliphatic heterocycles. The first-order valence-corrected chi connectivity index (χ1v) is 12.4. The van der Waals surface area contributed by atoms with Gasteiger partial charge in [-0.2, -0.15) is 0 Å². The van der Waals surface area contributed by atoms with Crippen LogP contribution in [-0.4, -0.2) is 35.4 Å². The molecule has 6 heteroatoms. The molecule has 0 N–H and O–H groups in total. The lowest BCUT2D eigenvalue weighted by molar-refractivity contribution is -0.144. The molecule has 2 aliphatic carbocycles. The molecule has 2 saturated carbocycles. The van der Waals surface area contributed by atoms with Gasteiger partial charge in [-0.3, -0.25) is 9.78 Å². The van der Waals surface area contributed by atoms with Crippen molar-refractivity contribution >= 4 is 24.6 Å². The summed E-state index contributed by atoms with van der Waals surface area (Å²) in [6.07, 6.45) is 12.5. The normalized spacial score (nSPS) is 37.9. The zero-order chi connectivity index (χ0) is 22.7. The number of ether oxygens (including phenoxy) is 1. The highest BCUT2D eigenvalue weighted by Crippen LogP contribution is 2.53. The van der Waals surface area contributed by atoms with Gasteiger partial charge in [0.05, 0.1) is 22.8 Å². The Morgan fingerprint density at radius 1 is 1.09 bits per heavy atom. The van der Waals surface area contributed by atoms with Crippen LogP contribution in [0.1, 0.15) is 72.4 Å². The molecule has 6 atom stereocenters. The number of rotatable bonds is 3. The van der Waals surface area contributed by atoms with E-state index in [1.54, 1.807) is 0 Å². The highest BCUT2D eigenvalue weighted by atomic mass is 16.7. The summed E-state index contributed by atoms with van der Waals surface area (Å²) in [7, 11) is -0.393. The predicted octanol–water partition coefficient (Wildman–Crippen LogP) is 4.40. The molecular formula is C26H36BNO4. The number of nitrogens with zero attached hydrogens (tertiary/aromatic N) is 1. The minimum Gasteiger partial charge on any atom is -0.462 e. The van der Waals surface area contributed by atoms with Gasteiger partial charge >= 0.3 is 13.1 Å². The first-order valence-electron chi connectivity index (χ1n) is 12.4. The Morgan fingerprint density at radius 3 is 2.50 bits per heavy atom. The Labute approximate surface area is 192 Å². The number of allylic oxidation sites excluding steroid dienone is 1. The van der Waals surface area contributed by atoms with Gasteiger partial charge in [0.15, 0.2) is 0 Å². The number of aromatic nitrogens is 1. The average molecular weight is 437 g/mol. The van der Waals surface area contributed by atoms with Crippen molar-refractivity contribution in [2.75, 3.05) is 0 Å². The molecule has 5 nitrogen and oxygen atoms in total. The van der Waals surface area contributed by atoms with E-state index in [1.165, 1.54) is 25.7 Å². The summed E-state index contributed by atoms with van der Waals surface area (Å²) in [4.78, 5) is 17.2. The number of carbonyl (C=O) groups excluding carboxylic acids is 1. The SMILES string of the molecule is C[C@H]1OC(=O)[C@@H]2C[C@@H]3CCCC[C@H]3[C@H](/C=C/c3ccc(B4OC(C)(C)C(C)(C)O4)cn3)[C@H]12. The van der Waals surface area contributed by atoms with Crippen LogP contribution in [0.15, 0.2) is 24.4 Å². The molecule has 172 valence electrons. The number of pyridine rings is 1. The first kappa shape index (κ1) is 22.2. The van der Waals surface area contributed by atoms with Crippen LogP contribution in [0, 0.1) is 29.6 Å². The van der Waals surface area contributed by atoms with Crippen LogP contribution in [0.2, 0.25) is 0 Å². The van der Waals surface area contributed by atoms with Crippen LogP contribution in [0.3, 0.4) is 0 Å². The van der Waals surface area contributed by atoms with Gasteiger partial charge in [0.2, 0.25) is 0 Å². The van der Waals surface area contributed by atoms with Crippen molar-refractivity contribution in [1.82, 2.24) is 4.98 Å². The lowest BCUT2D eigenvalue weighted by atomic mass is 9.57. The third-order valence-corrected chi connectivity index (χ3v) is 8.90. The minimum absolute atomic E-state index is 0.00346. The zero-order valence-corrected chi connectivity index (χ0v) is 20.0. The fraction of sp³-hybridized carbons (Fsp3) is 0.692. The van der Waals surface area contributed by atoms with Gasteiger partial charge in [0, 0.05) is 17.6 Å². The summed E-state index contributed by atoms with van der Waals surface area (Å²) >= 11 is 0. The van der Waals surface area contributed by atoms with E-state index in [0.717, 1.165) is 17.6 Å². The number of esters is 1. The van der Waals surface area contributed by atoms with Crippen LogP contribution in [-0.2, 0) is 18.8 Å². The van der Waals surface area contributed by atoms with Crippen molar-refractivity contribution in [3.05, 3.63) is 30.1 Å². The van der Waals surface area contributed by atoms with Gasteiger partial charge in [0.25, 0.3) is 0 Å². The summed E-state index contributed by atoms with van der Waals surface area (Å²) < 4.78 is 18.0. The largest absolute Gasteiger partial charge is 0.496 e. The third-order valence-electron chi connectivity index (χ3n) is 8.90. The maximum absolute atomic E-state index is 12.5.